The zero-order valence-corrected chi connectivity index (χ0v) is 14.6. The van der Waals surface area contributed by atoms with Crippen molar-refractivity contribution in [3.8, 4) is 0 Å². The summed E-state index contributed by atoms with van der Waals surface area (Å²) >= 11 is -2.43. The summed E-state index contributed by atoms with van der Waals surface area (Å²) in [6.07, 6.45) is 0. The summed E-state index contributed by atoms with van der Waals surface area (Å²) in [5.41, 5.74) is -0.759. The average molecular weight is 382 g/mol. The molecule has 0 amide bonds. The molecule has 5 heteroatoms. The van der Waals surface area contributed by atoms with Crippen LogP contribution in [0, 0.1) is 3.57 Å². The normalized spacial score (nSPS) is 13.5. The van der Waals surface area contributed by atoms with E-state index in [4.69, 9.17) is 16.2 Å². The summed E-state index contributed by atoms with van der Waals surface area (Å²) < 4.78 is 12.0. The second-order valence-corrected chi connectivity index (χ2v) is 9.24. The molecule has 0 aliphatic carbocycles. The third-order valence-electron chi connectivity index (χ3n) is 1.59. The van der Waals surface area contributed by atoms with Crippen LogP contribution in [0.25, 0.3) is 0 Å². The monoisotopic (exact) mass is 382 g/mol. The van der Waals surface area contributed by atoms with Gasteiger partial charge in [0.15, 0.2) is 0 Å². The first-order valence-electron chi connectivity index (χ1n) is 6.15. The molecule has 0 atom stereocenters. The van der Waals surface area contributed by atoms with Gasteiger partial charge in [-0.05, 0) is 0 Å². The van der Waals surface area contributed by atoms with Crippen LogP contribution in [0.5, 0.6) is 0 Å². The number of hydrogen-bond acceptors (Lipinski definition) is 4. The van der Waals surface area contributed by atoms with Gasteiger partial charge < -0.3 is 0 Å². The van der Waals surface area contributed by atoms with Crippen LogP contribution in [0.1, 0.15) is 41.5 Å². The number of benzene rings is 1. The topological polar surface area (TPSA) is 36.9 Å². The molecule has 0 unspecified atom stereocenters. The summed E-state index contributed by atoms with van der Waals surface area (Å²) in [7, 11) is 0. The van der Waals surface area contributed by atoms with Crippen LogP contribution >= 0.6 is 20.6 Å². The summed E-state index contributed by atoms with van der Waals surface area (Å²) in [6, 6.07) is 9.76. The number of rotatable bonds is 5. The van der Waals surface area contributed by atoms with E-state index in [1.807, 2.05) is 71.9 Å². The van der Waals surface area contributed by atoms with Crippen molar-refractivity contribution in [1.82, 2.24) is 0 Å². The second kappa shape index (κ2) is 6.99. The van der Waals surface area contributed by atoms with Crippen LogP contribution in [0.4, 0.5) is 0 Å². The van der Waals surface area contributed by atoms with E-state index < -0.39 is 20.6 Å². The van der Waals surface area contributed by atoms with Crippen LogP contribution in [0.3, 0.4) is 0 Å². The van der Waals surface area contributed by atoms with Crippen molar-refractivity contribution in [2.45, 2.75) is 52.7 Å². The Morgan fingerprint density at radius 3 is 1.53 bits per heavy atom. The first-order chi connectivity index (χ1) is 8.67. The molecule has 0 saturated carbocycles. The molecule has 0 saturated heterocycles. The van der Waals surface area contributed by atoms with Crippen LogP contribution in [0.15, 0.2) is 30.3 Å². The van der Waals surface area contributed by atoms with E-state index in [1.165, 1.54) is 0 Å². The third-order valence-corrected chi connectivity index (χ3v) is 4.34. The van der Waals surface area contributed by atoms with Crippen LogP contribution in [0.2, 0.25) is 0 Å². The van der Waals surface area contributed by atoms with Crippen molar-refractivity contribution in [3.05, 3.63) is 33.9 Å². The van der Waals surface area contributed by atoms with Gasteiger partial charge in [0.2, 0.25) is 0 Å². The van der Waals surface area contributed by atoms with Crippen LogP contribution in [-0.2, 0) is 16.2 Å². The van der Waals surface area contributed by atoms with Crippen molar-refractivity contribution >= 4 is 20.6 Å². The molecule has 19 heavy (non-hydrogen) atoms. The van der Waals surface area contributed by atoms with Gasteiger partial charge in [-0.25, -0.2) is 0 Å². The molecule has 1 rings (SSSR count). The van der Waals surface area contributed by atoms with E-state index in [-0.39, 0.29) is 11.2 Å². The van der Waals surface area contributed by atoms with Gasteiger partial charge in [-0.1, -0.05) is 0 Å². The molecule has 0 bridgehead atoms. The van der Waals surface area contributed by atoms with Gasteiger partial charge in [0.05, 0.1) is 0 Å². The molecule has 0 aliphatic heterocycles. The fourth-order valence-corrected chi connectivity index (χ4v) is 3.73. The predicted octanol–water partition coefficient (Wildman–Crippen LogP) is 4.69. The maximum absolute atomic E-state index is 5.50. The van der Waals surface area contributed by atoms with Crippen molar-refractivity contribution in [3.63, 3.8) is 0 Å². The fraction of sp³-hybridized carbons (Fsp3) is 0.571. The Morgan fingerprint density at radius 1 is 0.737 bits per heavy atom. The molecular weight excluding hydrogens is 359 g/mol. The van der Waals surface area contributed by atoms with Crippen molar-refractivity contribution in [1.29, 1.82) is 0 Å². The van der Waals surface area contributed by atoms with Gasteiger partial charge in [-0.2, -0.15) is 0 Å². The van der Waals surface area contributed by atoms with E-state index in [1.54, 1.807) is 0 Å². The third kappa shape index (κ3) is 7.84. The predicted molar refractivity (Wildman–Crippen MR) is 83.0 cm³/mol. The summed E-state index contributed by atoms with van der Waals surface area (Å²) in [4.78, 5) is 10.8. The Hall–Kier alpha value is -0.210. The molecule has 1 aromatic rings. The Bertz CT molecular complexity index is 349. The zero-order valence-electron chi connectivity index (χ0n) is 12.4. The first-order valence-corrected chi connectivity index (χ1v) is 8.99. The minimum absolute atomic E-state index is 0.379. The summed E-state index contributed by atoms with van der Waals surface area (Å²) in [6.45, 7) is 11.6. The fourth-order valence-electron chi connectivity index (χ4n) is 0.847. The number of halogens is 1. The van der Waals surface area contributed by atoms with Crippen molar-refractivity contribution < 1.29 is 16.2 Å². The van der Waals surface area contributed by atoms with Crippen LogP contribution in [-0.4, -0.2) is 11.2 Å². The molecule has 0 radical (unpaired) electrons. The van der Waals surface area contributed by atoms with Gasteiger partial charge in [0.25, 0.3) is 0 Å². The molecule has 0 aromatic heterocycles. The van der Waals surface area contributed by atoms with Gasteiger partial charge in [-0.15, -0.1) is 0 Å². The Labute approximate surface area is 123 Å². The van der Waals surface area contributed by atoms with E-state index in [9.17, 15) is 0 Å². The van der Waals surface area contributed by atoms with Gasteiger partial charge in [0, 0.05) is 0 Å². The van der Waals surface area contributed by atoms with Gasteiger partial charge in [0.1, 0.15) is 0 Å². The van der Waals surface area contributed by atoms with Crippen LogP contribution < -0.4 is 0 Å². The Kier molecular flexibility index (Phi) is 6.19. The molecular formula is C14H23IO4. The number of hydrogen-bond donors (Lipinski definition) is 0. The molecule has 4 nitrogen and oxygen atoms in total. The quantitative estimate of drug-likeness (QED) is 0.421. The van der Waals surface area contributed by atoms with E-state index >= 15 is 0 Å². The van der Waals surface area contributed by atoms with Crippen molar-refractivity contribution in [2.24, 2.45) is 0 Å². The van der Waals surface area contributed by atoms with Gasteiger partial charge >= 0.3 is 124 Å². The average Bonchev–Trinajstić information content (AvgIpc) is 2.27. The minimum atomic E-state index is -2.43. The maximum atomic E-state index is 5.50. The summed E-state index contributed by atoms with van der Waals surface area (Å²) in [5.74, 6) is 0. The molecule has 0 aliphatic rings. The molecule has 0 spiro atoms. The molecule has 0 N–H and O–H groups in total. The standard InChI is InChI=1S/C14H23IO4/c1-13(2,3)16-18-15(19-17-14(4,5)6)12-10-8-7-9-11-12/h7-11H,1-6H3. The van der Waals surface area contributed by atoms with Crippen molar-refractivity contribution in [2.75, 3.05) is 0 Å². The Balaban J connectivity index is 2.68. The van der Waals surface area contributed by atoms with E-state index in [0.29, 0.717) is 0 Å². The molecule has 0 fully saturated rings. The molecule has 110 valence electrons. The molecule has 1 aromatic carbocycles. The summed E-state index contributed by atoms with van der Waals surface area (Å²) in [5, 5.41) is 0. The van der Waals surface area contributed by atoms with Gasteiger partial charge in [-0.3, -0.25) is 0 Å². The Morgan fingerprint density at radius 2 is 1.16 bits per heavy atom. The first kappa shape index (κ1) is 16.8. The SMILES string of the molecule is CC(C)(C)OOI(OOC(C)(C)C)c1ccccc1. The van der Waals surface area contributed by atoms with E-state index in [0.717, 1.165) is 3.57 Å². The molecule has 0 heterocycles. The second-order valence-electron chi connectivity index (χ2n) is 6.03. The van der Waals surface area contributed by atoms with E-state index in [2.05, 4.69) is 0 Å². The zero-order chi connectivity index (χ0) is 14.5.